The van der Waals surface area contributed by atoms with Crippen LogP contribution in [-0.4, -0.2) is 29.8 Å². The summed E-state index contributed by atoms with van der Waals surface area (Å²) in [4.78, 5) is 9.44. The summed E-state index contributed by atoms with van der Waals surface area (Å²) in [7, 11) is 0. The summed E-state index contributed by atoms with van der Waals surface area (Å²) in [6.07, 6.45) is 0.146. The molecule has 6 heteroatoms. The first-order valence-corrected chi connectivity index (χ1v) is 9.61. The molecule has 0 amide bonds. The molecule has 1 aliphatic rings. The number of nitrogens with zero attached hydrogens (tertiary/aromatic N) is 2. The average Bonchev–Trinajstić information content (AvgIpc) is 3.40. The Hall–Kier alpha value is -2.44. The van der Waals surface area contributed by atoms with Crippen LogP contribution < -0.4 is 9.47 Å². The maximum absolute atomic E-state index is 5.72. The van der Waals surface area contributed by atoms with Crippen LogP contribution in [0.4, 0.5) is 0 Å². The van der Waals surface area contributed by atoms with E-state index in [-0.39, 0.29) is 6.10 Å². The summed E-state index contributed by atoms with van der Waals surface area (Å²) in [6, 6.07) is 11.9. The molecule has 2 aromatic heterocycles. The number of aromatic nitrogens is 2. The van der Waals surface area contributed by atoms with E-state index in [9.17, 15) is 0 Å². The van der Waals surface area contributed by atoms with Crippen molar-refractivity contribution in [2.45, 2.75) is 20.0 Å². The van der Waals surface area contributed by atoms with E-state index in [0.29, 0.717) is 13.2 Å². The zero-order valence-electron chi connectivity index (χ0n) is 14.8. The van der Waals surface area contributed by atoms with Gasteiger partial charge in [-0.05, 0) is 44.2 Å². The molecule has 0 aliphatic carbocycles. The molecule has 1 atom stereocenters. The summed E-state index contributed by atoms with van der Waals surface area (Å²) in [5.74, 6) is 1.50. The number of pyridine rings is 1. The maximum atomic E-state index is 5.72. The van der Waals surface area contributed by atoms with E-state index in [4.69, 9.17) is 19.2 Å². The molecule has 0 saturated carbocycles. The molecule has 3 heterocycles. The highest BCUT2D eigenvalue weighted by molar-refractivity contribution is 7.13. The van der Waals surface area contributed by atoms with Crippen molar-refractivity contribution in [1.29, 1.82) is 0 Å². The fraction of sp³-hybridized carbons (Fsp3) is 0.300. The summed E-state index contributed by atoms with van der Waals surface area (Å²) >= 11 is 1.59. The lowest BCUT2D eigenvalue weighted by Crippen LogP contribution is -1.98. The van der Waals surface area contributed by atoms with Gasteiger partial charge in [-0.3, -0.25) is 0 Å². The average molecular weight is 368 g/mol. The first-order chi connectivity index (χ1) is 12.8. The number of epoxide rings is 1. The molecule has 26 heavy (non-hydrogen) atoms. The Morgan fingerprint density at radius 2 is 1.85 bits per heavy atom. The fourth-order valence-corrected chi connectivity index (χ4v) is 3.51. The number of rotatable bonds is 7. The minimum atomic E-state index is 0.146. The van der Waals surface area contributed by atoms with Gasteiger partial charge in [0.15, 0.2) is 11.5 Å². The molecule has 0 radical (unpaired) electrons. The third-order valence-corrected chi connectivity index (χ3v) is 4.88. The Balaban J connectivity index is 1.63. The number of benzene rings is 1. The van der Waals surface area contributed by atoms with E-state index in [1.807, 2.05) is 55.6 Å². The Bertz CT molecular complexity index is 906. The Labute approximate surface area is 156 Å². The fourth-order valence-electron chi connectivity index (χ4n) is 2.70. The largest absolute Gasteiger partial charge is 0.490 e. The van der Waals surface area contributed by atoms with Crippen LogP contribution >= 0.6 is 11.3 Å². The molecule has 3 aromatic rings. The van der Waals surface area contributed by atoms with Gasteiger partial charge in [-0.15, -0.1) is 11.3 Å². The quantitative estimate of drug-likeness (QED) is 0.564. The lowest BCUT2D eigenvalue weighted by atomic mass is 10.2. The minimum Gasteiger partial charge on any atom is -0.490 e. The molecular formula is C20H20N2O3S. The van der Waals surface area contributed by atoms with Gasteiger partial charge >= 0.3 is 0 Å². The molecule has 134 valence electrons. The standard InChI is InChI=1S/C20H20N2O3S/c1-3-23-17-9-8-13(10-18(17)24-4-2)20-22-16(12-26-20)14-6-5-7-15(21-14)19-11-25-19/h5-10,12,19H,3-4,11H2,1-2H3. The molecule has 1 unspecified atom stereocenters. The van der Waals surface area contributed by atoms with Crippen LogP contribution in [0.25, 0.3) is 22.0 Å². The molecule has 1 aromatic carbocycles. The summed E-state index contributed by atoms with van der Waals surface area (Å²) in [5.41, 5.74) is 3.72. The van der Waals surface area contributed by atoms with Crippen molar-refractivity contribution in [3.8, 4) is 33.5 Å². The van der Waals surface area contributed by atoms with Gasteiger partial charge in [-0.2, -0.15) is 0 Å². The minimum absolute atomic E-state index is 0.146. The molecule has 5 nitrogen and oxygen atoms in total. The van der Waals surface area contributed by atoms with Gasteiger partial charge in [0.1, 0.15) is 16.8 Å². The van der Waals surface area contributed by atoms with Crippen LogP contribution in [0.2, 0.25) is 0 Å². The molecular weight excluding hydrogens is 348 g/mol. The van der Waals surface area contributed by atoms with Crippen LogP contribution in [0.1, 0.15) is 25.6 Å². The number of thiazole rings is 1. The van der Waals surface area contributed by atoms with Crippen LogP contribution in [0.5, 0.6) is 11.5 Å². The zero-order valence-corrected chi connectivity index (χ0v) is 15.6. The van der Waals surface area contributed by atoms with Crippen LogP contribution in [-0.2, 0) is 4.74 Å². The summed E-state index contributed by atoms with van der Waals surface area (Å²) < 4.78 is 16.7. The van der Waals surface area contributed by atoms with E-state index >= 15 is 0 Å². The molecule has 1 saturated heterocycles. The maximum Gasteiger partial charge on any atom is 0.161 e. The molecule has 0 N–H and O–H groups in total. The number of ether oxygens (including phenoxy) is 3. The monoisotopic (exact) mass is 368 g/mol. The van der Waals surface area contributed by atoms with Gasteiger partial charge in [0.05, 0.1) is 31.2 Å². The topological polar surface area (TPSA) is 56.8 Å². The van der Waals surface area contributed by atoms with E-state index < -0.39 is 0 Å². The van der Waals surface area contributed by atoms with Gasteiger partial charge in [0.2, 0.25) is 0 Å². The highest BCUT2D eigenvalue weighted by Gasteiger charge is 2.26. The van der Waals surface area contributed by atoms with Gasteiger partial charge in [0, 0.05) is 10.9 Å². The van der Waals surface area contributed by atoms with E-state index in [1.165, 1.54) is 0 Å². The van der Waals surface area contributed by atoms with Crippen molar-refractivity contribution in [3.05, 3.63) is 47.5 Å². The number of hydrogen-bond acceptors (Lipinski definition) is 6. The van der Waals surface area contributed by atoms with Crippen LogP contribution in [0.3, 0.4) is 0 Å². The van der Waals surface area contributed by atoms with Gasteiger partial charge in [-0.25, -0.2) is 9.97 Å². The van der Waals surface area contributed by atoms with E-state index in [2.05, 4.69) is 4.98 Å². The van der Waals surface area contributed by atoms with Gasteiger partial charge in [-0.1, -0.05) is 6.07 Å². The molecule has 1 aliphatic heterocycles. The lowest BCUT2D eigenvalue weighted by Gasteiger charge is -2.11. The second-order valence-electron chi connectivity index (χ2n) is 5.84. The first kappa shape index (κ1) is 17.0. The zero-order chi connectivity index (χ0) is 17.9. The lowest BCUT2D eigenvalue weighted by molar-refractivity contribution is 0.288. The summed E-state index contributed by atoms with van der Waals surface area (Å²) in [5, 5.41) is 2.96. The third kappa shape index (κ3) is 3.57. The van der Waals surface area contributed by atoms with Crippen molar-refractivity contribution >= 4 is 11.3 Å². The first-order valence-electron chi connectivity index (χ1n) is 8.73. The van der Waals surface area contributed by atoms with Crippen LogP contribution in [0.15, 0.2) is 41.8 Å². The van der Waals surface area contributed by atoms with E-state index in [1.54, 1.807) is 11.3 Å². The third-order valence-electron chi connectivity index (χ3n) is 3.99. The van der Waals surface area contributed by atoms with Gasteiger partial charge < -0.3 is 14.2 Å². The van der Waals surface area contributed by atoms with Crippen molar-refractivity contribution in [1.82, 2.24) is 9.97 Å². The SMILES string of the molecule is CCOc1ccc(-c2nc(-c3cccc(C4CO4)n3)cs2)cc1OCC. The highest BCUT2D eigenvalue weighted by atomic mass is 32.1. The Morgan fingerprint density at radius 3 is 2.62 bits per heavy atom. The molecule has 0 bridgehead atoms. The predicted octanol–water partition coefficient (Wildman–Crippen LogP) is 4.74. The smallest absolute Gasteiger partial charge is 0.161 e. The second kappa shape index (κ2) is 7.43. The van der Waals surface area contributed by atoms with Crippen molar-refractivity contribution < 1.29 is 14.2 Å². The summed E-state index contributed by atoms with van der Waals surface area (Å²) in [6.45, 7) is 5.88. The number of hydrogen-bond donors (Lipinski definition) is 0. The normalized spacial score (nSPS) is 15.7. The molecule has 1 fully saturated rings. The predicted molar refractivity (Wildman–Crippen MR) is 102 cm³/mol. The van der Waals surface area contributed by atoms with Crippen molar-refractivity contribution in [2.75, 3.05) is 19.8 Å². The Morgan fingerprint density at radius 1 is 1.04 bits per heavy atom. The Kier molecular flexibility index (Phi) is 4.86. The van der Waals surface area contributed by atoms with Crippen LogP contribution in [0, 0.1) is 0 Å². The second-order valence-corrected chi connectivity index (χ2v) is 6.69. The van der Waals surface area contributed by atoms with Crippen molar-refractivity contribution in [3.63, 3.8) is 0 Å². The molecule has 0 spiro atoms. The molecule has 4 rings (SSSR count). The highest BCUT2D eigenvalue weighted by Crippen LogP contribution is 2.36. The van der Waals surface area contributed by atoms with E-state index in [0.717, 1.165) is 45.8 Å². The van der Waals surface area contributed by atoms with Crippen molar-refractivity contribution in [2.24, 2.45) is 0 Å². The van der Waals surface area contributed by atoms with Gasteiger partial charge in [0.25, 0.3) is 0 Å².